The van der Waals surface area contributed by atoms with E-state index in [1.54, 1.807) is 48.5 Å². The van der Waals surface area contributed by atoms with Gasteiger partial charge >= 0.3 is 0 Å². The minimum atomic E-state index is -0.480. The van der Waals surface area contributed by atoms with E-state index in [2.05, 4.69) is 16.0 Å². The van der Waals surface area contributed by atoms with Gasteiger partial charge in [-0.1, -0.05) is 29.8 Å². The zero-order chi connectivity index (χ0) is 19.1. The minimum absolute atomic E-state index is 0.0470. The van der Waals surface area contributed by atoms with E-state index in [1.807, 2.05) is 0 Å². The maximum absolute atomic E-state index is 12.4. The number of rotatable bonds is 6. The topological polar surface area (TPSA) is 87.3 Å². The Morgan fingerprint density at radius 3 is 2.38 bits per heavy atom. The first-order valence-electron chi connectivity index (χ1n) is 8.03. The molecule has 26 heavy (non-hydrogen) atoms. The number of anilines is 1. The Hall–Kier alpha value is -2.86. The Kier molecular flexibility index (Phi) is 6.74. The van der Waals surface area contributed by atoms with Crippen LogP contribution in [0.3, 0.4) is 0 Å². The number of hydrogen-bond acceptors (Lipinski definition) is 3. The number of carbonyl (C=O) groups excluding carboxylic acids is 3. The molecule has 0 fully saturated rings. The number of carbonyl (C=O) groups is 3. The van der Waals surface area contributed by atoms with Gasteiger partial charge in [0, 0.05) is 30.2 Å². The highest BCUT2D eigenvalue weighted by molar-refractivity contribution is 6.30. The molecule has 0 bridgehead atoms. The average Bonchev–Trinajstić information content (AvgIpc) is 2.61. The van der Waals surface area contributed by atoms with Crippen LogP contribution >= 0.6 is 11.6 Å². The van der Waals surface area contributed by atoms with Crippen molar-refractivity contribution >= 4 is 35.0 Å². The Balaban J connectivity index is 2.10. The summed E-state index contributed by atoms with van der Waals surface area (Å²) in [6.07, 6.45) is 0.0470. The highest BCUT2D eigenvalue weighted by Gasteiger charge is 2.17. The van der Waals surface area contributed by atoms with Gasteiger partial charge in [0.1, 0.15) is 0 Å². The lowest BCUT2D eigenvalue weighted by molar-refractivity contribution is -0.120. The molecule has 0 aliphatic heterocycles. The molecule has 1 unspecified atom stereocenters. The predicted octanol–water partition coefficient (Wildman–Crippen LogP) is 2.91. The van der Waals surface area contributed by atoms with Crippen LogP contribution < -0.4 is 16.0 Å². The normalized spacial score (nSPS) is 11.3. The van der Waals surface area contributed by atoms with Gasteiger partial charge in [-0.2, -0.15) is 0 Å². The molecule has 3 amide bonds. The molecule has 6 nitrogen and oxygen atoms in total. The molecule has 0 spiro atoms. The molecule has 2 aromatic rings. The molecule has 0 aliphatic rings. The van der Waals surface area contributed by atoms with Crippen molar-refractivity contribution in [1.29, 1.82) is 0 Å². The first-order chi connectivity index (χ1) is 12.4. The molecule has 0 radical (unpaired) electrons. The van der Waals surface area contributed by atoms with Crippen LogP contribution in [0.4, 0.5) is 5.69 Å². The zero-order valence-corrected chi connectivity index (χ0v) is 15.3. The molecule has 0 aromatic heterocycles. The van der Waals surface area contributed by atoms with Crippen LogP contribution in [0.1, 0.15) is 35.3 Å². The molecule has 0 saturated carbocycles. The molecule has 2 rings (SSSR count). The van der Waals surface area contributed by atoms with Gasteiger partial charge in [-0.3, -0.25) is 14.4 Å². The first kappa shape index (κ1) is 19.5. The molecular weight excluding hydrogens is 354 g/mol. The van der Waals surface area contributed by atoms with Gasteiger partial charge in [-0.15, -0.1) is 0 Å². The number of nitrogens with one attached hydrogen (secondary N) is 3. The molecule has 0 heterocycles. The number of amides is 3. The van der Waals surface area contributed by atoms with Gasteiger partial charge in [0.15, 0.2) is 0 Å². The fourth-order valence-corrected chi connectivity index (χ4v) is 2.60. The summed E-state index contributed by atoms with van der Waals surface area (Å²) >= 11 is 5.89. The lowest BCUT2D eigenvalue weighted by Crippen LogP contribution is -2.29. The molecule has 0 aliphatic carbocycles. The van der Waals surface area contributed by atoms with Crippen LogP contribution in [0.15, 0.2) is 48.5 Å². The Labute approximate surface area is 156 Å². The number of hydrogen-bond donors (Lipinski definition) is 3. The third-order valence-corrected chi connectivity index (χ3v) is 3.93. The van der Waals surface area contributed by atoms with Gasteiger partial charge < -0.3 is 16.0 Å². The predicted molar refractivity (Wildman–Crippen MR) is 101 cm³/mol. The van der Waals surface area contributed by atoms with Crippen molar-refractivity contribution in [2.75, 3.05) is 12.4 Å². The van der Waals surface area contributed by atoms with Gasteiger partial charge in [0.05, 0.1) is 12.5 Å². The van der Waals surface area contributed by atoms with E-state index in [0.29, 0.717) is 16.3 Å². The maximum Gasteiger partial charge on any atom is 0.251 e. The highest BCUT2D eigenvalue weighted by Crippen LogP contribution is 2.20. The monoisotopic (exact) mass is 373 g/mol. The van der Waals surface area contributed by atoms with E-state index in [4.69, 9.17) is 11.6 Å². The molecule has 3 N–H and O–H groups in total. The van der Waals surface area contributed by atoms with Crippen molar-refractivity contribution in [3.8, 4) is 0 Å². The van der Waals surface area contributed by atoms with E-state index in [9.17, 15) is 14.4 Å². The van der Waals surface area contributed by atoms with E-state index >= 15 is 0 Å². The van der Waals surface area contributed by atoms with Crippen molar-refractivity contribution in [2.24, 2.45) is 0 Å². The molecule has 0 saturated heterocycles. The molecule has 7 heteroatoms. The SMILES string of the molecule is CNC(=O)c1cccc(NC(=O)CC(NC(C)=O)c2ccc(Cl)cc2)c1. The quantitative estimate of drug-likeness (QED) is 0.727. The summed E-state index contributed by atoms with van der Waals surface area (Å²) in [7, 11) is 1.54. The summed E-state index contributed by atoms with van der Waals surface area (Å²) in [4.78, 5) is 35.6. The third-order valence-electron chi connectivity index (χ3n) is 3.67. The van der Waals surface area contributed by atoms with E-state index < -0.39 is 6.04 Å². The maximum atomic E-state index is 12.4. The van der Waals surface area contributed by atoms with Crippen molar-refractivity contribution in [3.05, 3.63) is 64.7 Å². The smallest absolute Gasteiger partial charge is 0.251 e. The fraction of sp³-hybridized carbons (Fsp3) is 0.211. The zero-order valence-electron chi connectivity index (χ0n) is 14.5. The summed E-state index contributed by atoms with van der Waals surface area (Å²) < 4.78 is 0. The van der Waals surface area contributed by atoms with Crippen molar-refractivity contribution < 1.29 is 14.4 Å². The lowest BCUT2D eigenvalue weighted by atomic mass is 10.0. The summed E-state index contributed by atoms with van der Waals surface area (Å²) in [5.74, 6) is -0.759. The highest BCUT2D eigenvalue weighted by atomic mass is 35.5. The van der Waals surface area contributed by atoms with Gasteiger partial charge in [0.25, 0.3) is 5.91 Å². The third kappa shape index (κ3) is 5.60. The summed E-state index contributed by atoms with van der Waals surface area (Å²) in [5, 5.41) is 8.62. The van der Waals surface area contributed by atoms with Gasteiger partial charge in [-0.25, -0.2) is 0 Å². The molecule has 2 aromatic carbocycles. The fourth-order valence-electron chi connectivity index (χ4n) is 2.47. The lowest BCUT2D eigenvalue weighted by Gasteiger charge is -2.18. The molecular formula is C19H20ClN3O3. The Morgan fingerprint density at radius 1 is 1.08 bits per heavy atom. The van der Waals surface area contributed by atoms with E-state index in [0.717, 1.165) is 5.56 Å². The van der Waals surface area contributed by atoms with Crippen LogP contribution in [0.5, 0.6) is 0 Å². The second-order valence-corrected chi connectivity index (χ2v) is 6.15. The largest absolute Gasteiger partial charge is 0.355 e. The summed E-state index contributed by atoms with van der Waals surface area (Å²) in [6, 6.07) is 13.1. The van der Waals surface area contributed by atoms with Crippen LogP contribution in [0.25, 0.3) is 0 Å². The van der Waals surface area contributed by atoms with Gasteiger partial charge in [0.2, 0.25) is 11.8 Å². The first-order valence-corrected chi connectivity index (χ1v) is 8.41. The van der Waals surface area contributed by atoms with Crippen LogP contribution in [0, 0.1) is 0 Å². The second-order valence-electron chi connectivity index (χ2n) is 5.72. The second kappa shape index (κ2) is 9.01. The standard InChI is InChI=1S/C19H20ClN3O3/c1-12(24)22-17(13-6-8-15(20)9-7-13)11-18(25)23-16-5-3-4-14(10-16)19(26)21-2/h3-10,17H,11H2,1-2H3,(H,21,26)(H,22,24)(H,23,25). The Bertz CT molecular complexity index is 806. The minimum Gasteiger partial charge on any atom is -0.355 e. The van der Waals surface area contributed by atoms with Gasteiger partial charge in [-0.05, 0) is 35.9 Å². The van der Waals surface area contributed by atoms with Crippen molar-refractivity contribution in [3.63, 3.8) is 0 Å². The van der Waals surface area contributed by atoms with Crippen LogP contribution in [-0.4, -0.2) is 24.8 Å². The molecule has 1 atom stereocenters. The van der Waals surface area contributed by atoms with E-state index in [1.165, 1.54) is 14.0 Å². The van der Waals surface area contributed by atoms with E-state index in [-0.39, 0.29) is 24.1 Å². The van der Waals surface area contributed by atoms with Crippen molar-refractivity contribution in [1.82, 2.24) is 10.6 Å². The van der Waals surface area contributed by atoms with Crippen molar-refractivity contribution in [2.45, 2.75) is 19.4 Å². The number of benzene rings is 2. The van der Waals surface area contributed by atoms with Crippen LogP contribution in [0.2, 0.25) is 5.02 Å². The summed E-state index contributed by atoms with van der Waals surface area (Å²) in [5.41, 5.74) is 1.73. The summed E-state index contributed by atoms with van der Waals surface area (Å²) in [6.45, 7) is 1.40. The van der Waals surface area contributed by atoms with Crippen LogP contribution in [-0.2, 0) is 9.59 Å². The molecule has 136 valence electrons. The Morgan fingerprint density at radius 2 is 1.77 bits per heavy atom. The average molecular weight is 374 g/mol. The number of halogens is 1.